The van der Waals surface area contributed by atoms with Gasteiger partial charge in [-0.3, -0.25) is 0 Å². The highest BCUT2D eigenvalue weighted by Crippen LogP contribution is 2.30. The molecule has 0 aliphatic carbocycles. The summed E-state index contributed by atoms with van der Waals surface area (Å²) < 4.78 is 24.6. The first-order valence-corrected chi connectivity index (χ1v) is 6.80. The molecule has 0 fully saturated rings. The quantitative estimate of drug-likeness (QED) is 0.813. The molecule has 2 aromatic rings. The van der Waals surface area contributed by atoms with E-state index in [0.717, 1.165) is 5.56 Å². The van der Waals surface area contributed by atoms with Crippen LogP contribution in [0, 0.1) is 6.92 Å². The number of phenolic OH excluding ortho intramolecular Hbond substituents is 1. The number of aryl methyl sites for hydroxylation is 1. The number of phenols is 1. The fraction of sp³-hybridized carbons (Fsp3) is 0.0769. The molecule has 2 aromatic carbocycles. The Morgan fingerprint density at radius 1 is 1.06 bits per heavy atom. The first-order chi connectivity index (χ1) is 8.41. The van der Waals surface area contributed by atoms with Gasteiger partial charge in [0.05, 0.1) is 4.90 Å². The fourth-order valence-electron chi connectivity index (χ4n) is 1.61. The van der Waals surface area contributed by atoms with E-state index >= 15 is 0 Å². The van der Waals surface area contributed by atoms with E-state index in [1.165, 1.54) is 30.3 Å². The molecule has 0 amide bonds. The maximum Gasteiger partial charge on any atom is 0.210 e. The van der Waals surface area contributed by atoms with E-state index in [4.69, 9.17) is 5.73 Å². The first kappa shape index (κ1) is 12.4. The molecule has 0 saturated carbocycles. The molecule has 0 unspecified atom stereocenters. The smallest absolute Gasteiger partial charge is 0.210 e. The van der Waals surface area contributed by atoms with Crippen LogP contribution in [0.1, 0.15) is 5.56 Å². The number of sulfone groups is 1. The third-order valence-corrected chi connectivity index (χ3v) is 4.42. The monoisotopic (exact) mass is 263 g/mol. The molecule has 5 heteroatoms. The first-order valence-electron chi connectivity index (χ1n) is 5.31. The lowest BCUT2D eigenvalue weighted by Crippen LogP contribution is -2.02. The Morgan fingerprint density at radius 3 is 2.22 bits per heavy atom. The molecule has 0 saturated heterocycles. The molecule has 94 valence electrons. The van der Waals surface area contributed by atoms with Crippen LogP contribution in [0.4, 0.5) is 5.69 Å². The van der Waals surface area contributed by atoms with Gasteiger partial charge in [0.25, 0.3) is 0 Å². The van der Waals surface area contributed by atoms with Crippen molar-refractivity contribution in [1.29, 1.82) is 0 Å². The summed E-state index contributed by atoms with van der Waals surface area (Å²) in [5.74, 6) is -0.337. The summed E-state index contributed by atoms with van der Waals surface area (Å²) in [6, 6.07) is 10.4. The Hall–Kier alpha value is -2.01. The van der Waals surface area contributed by atoms with Crippen LogP contribution in [0.3, 0.4) is 0 Å². The predicted octanol–water partition coefficient (Wildman–Crippen LogP) is 2.12. The van der Waals surface area contributed by atoms with Gasteiger partial charge in [-0.05, 0) is 31.2 Å². The van der Waals surface area contributed by atoms with Gasteiger partial charge >= 0.3 is 0 Å². The van der Waals surface area contributed by atoms with Crippen LogP contribution in [0.25, 0.3) is 0 Å². The molecule has 0 spiro atoms. The number of benzene rings is 2. The van der Waals surface area contributed by atoms with E-state index < -0.39 is 9.84 Å². The van der Waals surface area contributed by atoms with Crippen molar-refractivity contribution in [2.45, 2.75) is 16.7 Å². The van der Waals surface area contributed by atoms with Gasteiger partial charge in [0, 0.05) is 11.8 Å². The predicted molar refractivity (Wildman–Crippen MR) is 69.2 cm³/mol. The molecule has 0 bridgehead atoms. The number of nitrogen functional groups attached to an aromatic ring is 1. The van der Waals surface area contributed by atoms with Crippen LogP contribution in [0.5, 0.6) is 5.75 Å². The summed E-state index contributed by atoms with van der Waals surface area (Å²) in [5, 5.41) is 9.68. The van der Waals surface area contributed by atoms with Crippen molar-refractivity contribution in [2.75, 3.05) is 5.73 Å². The summed E-state index contributed by atoms with van der Waals surface area (Å²) in [6.45, 7) is 1.87. The van der Waals surface area contributed by atoms with Crippen molar-refractivity contribution in [2.24, 2.45) is 0 Å². The lowest BCUT2D eigenvalue weighted by molar-refractivity contribution is 0.459. The minimum atomic E-state index is -3.71. The standard InChI is InChI=1S/C13H13NO3S/c1-9-2-5-11(6-3-9)18(16,17)13-7-4-10(14)8-12(13)15/h2-8,15H,14H2,1H3. The zero-order valence-corrected chi connectivity index (χ0v) is 10.6. The molecule has 0 radical (unpaired) electrons. The van der Waals surface area contributed by atoms with E-state index in [9.17, 15) is 13.5 Å². The Labute approximate surface area is 106 Å². The van der Waals surface area contributed by atoms with Crippen molar-refractivity contribution in [3.63, 3.8) is 0 Å². The van der Waals surface area contributed by atoms with E-state index in [1.54, 1.807) is 12.1 Å². The molecule has 18 heavy (non-hydrogen) atoms. The van der Waals surface area contributed by atoms with Gasteiger partial charge in [-0.25, -0.2) is 8.42 Å². The van der Waals surface area contributed by atoms with Crippen molar-refractivity contribution >= 4 is 15.5 Å². The molecular formula is C13H13NO3S. The van der Waals surface area contributed by atoms with Crippen LogP contribution in [-0.4, -0.2) is 13.5 Å². The largest absolute Gasteiger partial charge is 0.506 e. The van der Waals surface area contributed by atoms with Crippen molar-refractivity contribution in [3.05, 3.63) is 48.0 Å². The lowest BCUT2D eigenvalue weighted by atomic mass is 10.2. The Bertz CT molecular complexity index is 676. The normalized spacial score (nSPS) is 11.4. The number of rotatable bonds is 2. The van der Waals surface area contributed by atoms with Crippen LogP contribution in [-0.2, 0) is 9.84 Å². The molecule has 4 nitrogen and oxygen atoms in total. The summed E-state index contributed by atoms with van der Waals surface area (Å²) >= 11 is 0. The van der Waals surface area contributed by atoms with Crippen molar-refractivity contribution < 1.29 is 13.5 Å². The molecule has 0 aliphatic rings. The number of anilines is 1. The number of hydrogen-bond donors (Lipinski definition) is 2. The SMILES string of the molecule is Cc1ccc(S(=O)(=O)c2ccc(N)cc2O)cc1. The van der Waals surface area contributed by atoms with Gasteiger partial charge in [0.2, 0.25) is 9.84 Å². The van der Waals surface area contributed by atoms with Gasteiger partial charge in [-0.2, -0.15) is 0 Å². The summed E-state index contributed by atoms with van der Waals surface area (Å²) in [4.78, 5) is 0.00808. The maximum absolute atomic E-state index is 12.3. The maximum atomic E-state index is 12.3. The highest BCUT2D eigenvalue weighted by atomic mass is 32.2. The summed E-state index contributed by atoms with van der Waals surface area (Å²) in [5.41, 5.74) is 6.76. The van der Waals surface area contributed by atoms with Crippen LogP contribution < -0.4 is 5.73 Å². The molecule has 3 N–H and O–H groups in total. The topological polar surface area (TPSA) is 80.4 Å². The summed E-state index contributed by atoms with van der Waals surface area (Å²) in [6.07, 6.45) is 0. The van der Waals surface area contributed by atoms with E-state index in [1.807, 2.05) is 6.92 Å². The molecule has 0 aromatic heterocycles. The van der Waals surface area contributed by atoms with Gasteiger partial charge in [-0.1, -0.05) is 17.7 Å². The highest BCUT2D eigenvalue weighted by Gasteiger charge is 2.21. The molecule has 0 atom stereocenters. The van der Waals surface area contributed by atoms with E-state index in [2.05, 4.69) is 0 Å². The molecule has 0 aliphatic heterocycles. The molecule has 0 heterocycles. The Morgan fingerprint density at radius 2 is 1.67 bits per heavy atom. The second-order valence-electron chi connectivity index (χ2n) is 4.04. The van der Waals surface area contributed by atoms with Gasteiger partial charge in [-0.15, -0.1) is 0 Å². The number of nitrogens with two attached hydrogens (primary N) is 1. The van der Waals surface area contributed by atoms with Crippen molar-refractivity contribution in [1.82, 2.24) is 0 Å². The third-order valence-electron chi connectivity index (χ3n) is 2.60. The second kappa shape index (κ2) is 4.34. The molecular weight excluding hydrogens is 250 g/mol. The van der Waals surface area contributed by atoms with E-state index in [-0.39, 0.29) is 15.5 Å². The highest BCUT2D eigenvalue weighted by molar-refractivity contribution is 7.91. The van der Waals surface area contributed by atoms with E-state index in [0.29, 0.717) is 5.69 Å². The van der Waals surface area contributed by atoms with Crippen LogP contribution in [0.15, 0.2) is 52.3 Å². The Kier molecular flexibility index (Phi) is 3.00. The lowest BCUT2D eigenvalue weighted by Gasteiger charge is -2.07. The zero-order chi connectivity index (χ0) is 13.3. The number of aromatic hydroxyl groups is 1. The van der Waals surface area contributed by atoms with Gasteiger partial charge in [0.1, 0.15) is 10.6 Å². The second-order valence-corrected chi connectivity index (χ2v) is 5.96. The minimum absolute atomic E-state index is 0.138. The van der Waals surface area contributed by atoms with Gasteiger partial charge in [0.15, 0.2) is 0 Å². The third kappa shape index (κ3) is 2.17. The number of hydrogen-bond acceptors (Lipinski definition) is 4. The van der Waals surface area contributed by atoms with Crippen molar-refractivity contribution in [3.8, 4) is 5.75 Å². The van der Waals surface area contributed by atoms with Crippen LogP contribution >= 0.6 is 0 Å². The average Bonchev–Trinajstić information content (AvgIpc) is 2.29. The van der Waals surface area contributed by atoms with Gasteiger partial charge < -0.3 is 10.8 Å². The zero-order valence-electron chi connectivity index (χ0n) is 9.79. The van der Waals surface area contributed by atoms with Crippen LogP contribution in [0.2, 0.25) is 0 Å². The fourth-order valence-corrected chi connectivity index (χ4v) is 2.94. The summed E-state index contributed by atoms with van der Waals surface area (Å²) in [7, 11) is -3.71. The minimum Gasteiger partial charge on any atom is -0.506 e. The Balaban J connectivity index is 2.58. The molecule has 2 rings (SSSR count). The average molecular weight is 263 g/mol.